The Balaban J connectivity index is 1.62. The number of carbonyl (C=O) groups is 2. The number of allylic oxidation sites excluding steroid dienone is 1. The van der Waals surface area contributed by atoms with Crippen LogP contribution in [0.25, 0.3) is 6.08 Å². The number of hydrogen-bond donors (Lipinski definition) is 0. The summed E-state index contributed by atoms with van der Waals surface area (Å²) < 4.78 is 11.1. The zero-order chi connectivity index (χ0) is 21.3. The molecule has 8 heteroatoms. The molecule has 0 fully saturated rings. The molecule has 0 N–H and O–H groups in total. The van der Waals surface area contributed by atoms with Crippen LogP contribution in [-0.4, -0.2) is 21.7 Å². The standard InChI is InChI=1S/C22H14N2O6/c1-13-18(30-22(26)15-5-3-9-23-12-15)8-7-17-20(25)19(29-21(13)17)11-14-4-2-6-16(10-14)24(27)28/h2-12H,1H3/b19-11-. The van der Waals surface area contributed by atoms with Crippen LogP contribution in [0.5, 0.6) is 11.5 Å². The fourth-order valence-electron chi connectivity index (χ4n) is 3.00. The topological polar surface area (TPSA) is 109 Å². The first-order chi connectivity index (χ1) is 14.4. The Morgan fingerprint density at radius 1 is 1.20 bits per heavy atom. The van der Waals surface area contributed by atoms with Gasteiger partial charge in [0.2, 0.25) is 5.78 Å². The number of ether oxygens (including phenoxy) is 2. The van der Waals surface area contributed by atoms with Gasteiger partial charge in [0.1, 0.15) is 11.5 Å². The molecule has 0 atom stereocenters. The maximum absolute atomic E-state index is 12.7. The number of aromatic nitrogens is 1. The first kappa shape index (κ1) is 19.0. The van der Waals surface area contributed by atoms with Gasteiger partial charge in [-0.1, -0.05) is 12.1 Å². The molecule has 0 aliphatic carbocycles. The monoisotopic (exact) mass is 402 g/mol. The number of non-ortho nitro benzene ring substituents is 1. The highest BCUT2D eigenvalue weighted by Gasteiger charge is 2.30. The second-order valence-corrected chi connectivity index (χ2v) is 6.49. The molecule has 0 amide bonds. The third kappa shape index (κ3) is 3.53. The number of carbonyl (C=O) groups excluding carboxylic acids is 2. The van der Waals surface area contributed by atoms with E-state index in [1.807, 2.05) is 0 Å². The number of nitrogens with zero attached hydrogens (tertiary/aromatic N) is 2. The van der Waals surface area contributed by atoms with Gasteiger partial charge in [0.05, 0.1) is 16.1 Å². The zero-order valence-corrected chi connectivity index (χ0v) is 15.7. The van der Waals surface area contributed by atoms with E-state index in [2.05, 4.69) is 4.98 Å². The molecule has 4 rings (SSSR count). The summed E-state index contributed by atoms with van der Waals surface area (Å²) in [5.41, 5.74) is 1.47. The summed E-state index contributed by atoms with van der Waals surface area (Å²) in [5, 5.41) is 10.9. The molecule has 0 unspecified atom stereocenters. The number of nitro groups is 1. The first-order valence-corrected chi connectivity index (χ1v) is 8.88. The highest BCUT2D eigenvalue weighted by Crippen LogP contribution is 2.39. The van der Waals surface area contributed by atoms with E-state index in [-0.39, 0.29) is 28.7 Å². The Hall–Kier alpha value is -4.33. The van der Waals surface area contributed by atoms with E-state index < -0.39 is 10.9 Å². The van der Waals surface area contributed by atoms with Crippen molar-refractivity contribution < 1.29 is 24.0 Å². The summed E-state index contributed by atoms with van der Waals surface area (Å²) in [5.74, 6) is -0.364. The molecule has 0 bridgehead atoms. The van der Waals surface area contributed by atoms with Gasteiger partial charge in [0, 0.05) is 30.1 Å². The van der Waals surface area contributed by atoms with E-state index >= 15 is 0 Å². The second-order valence-electron chi connectivity index (χ2n) is 6.49. The lowest BCUT2D eigenvalue weighted by molar-refractivity contribution is -0.384. The van der Waals surface area contributed by atoms with Crippen LogP contribution < -0.4 is 9.47 Å². The van der Waals surface area contributed by atoms with Crippen LogP contribution in [0.3, 0.4) is 0 Å². The summed E-state index contributed by atoms with van der Waals surface area (Å²) in [6, 6.07) is 12.1. The van der Waals surface area contributed by atoms with Crippen LogP contribution in [0.1, 0.15) is 31.8 Å². The van der Waals surface area contributed by atoms with Crippen molar-refractivity contribution in [3.8, 4) is 11.5 Å². The minimum Gasteiger partial charge on any atom is -0.452 e. The molecule has 2 heterocycles. The molecule has 148 valence electrons. The fourth-order valence-corrected chi connectivity index (χ4v) is 3.00. The lowest BCUT2D eigenvalue weighted by Gasteiger charge is -2.10. The predicted octanol–water partition coefficient (Wildman–Crippen LogP) is 4.13. The molecule has 30 heavy (non-hydrogen) atoms. The summed E-state index contributed by atoms with van der Waals surface area (Å²) in [7, 11) is 0. The number of hydrogen-bond acceptors (Lipinski definition) is 7. The van der Waals surface area contributed by atoms with Gasteiger partial charge in [-0.15, -0.1) is 0 Å². The number of esters is 1. The van der Waals surface area contributed by atoms with Gasteiger partial charge in [-0.3, -0.25) is 19.9 Å². The van der Waals surface area contributed by atoms with Gasteiger partial charge in [0.15, 0.2) is 5.76 Å². The van der Waals surface area contributed by atoms with Crippen molar-refractivity contribution in [2.45, 2.75) is 6.92 Å². The third-order valence-corrected chi connectivity index (χ3v) is 4.52. The zero-order valence-electron chi connectivity index (χ0n) is 15.7. The number of benzene rings is 2. The Bertz CT molecular complexity index is 1220. The Labute approximate surface area is 170 Å². The van der Waals surface area contributed by atoms with Crippen molar-refractivity contribution in [1.82, 2.24) is 4.98 Å². The van der Waals surface area contributed by atoms with Crippen LogP contribution in [0.2, 0.25) is 0 Å². The van der Waals surface area contributed by atoms with Gasteiger partial charge in [-0.05, 0) is 42.8 Å². The van der Waals surface area contributed by atoms with Crippen molar-refractivity contribution >= 4 is 23.5 Å². The molecule has 1 aliphatic heterocycles. The maximum Gasteiger partial charge on any atom is 0.345 e. The molecule has 0 radical (unpaired) electrons. The highest BCUT2D eigenvalue weighted by atomic mass is 16.6. The molecular formula is C22H14N2O6. The largest absolute Gasteiger partial charge is 0.452 e. The number of Topliss-reactive ketones (excluding diaryl/α,β-unsaturated/α-hetero) is 1. The van der Waals surface area contributed by atoms with Crippen molar-refractivity contribution in [1.29, 1.82) is 0 Å². The van der Waals surface area contributed by atoms with E-state index in [4.69, 9.17) is 9.47 Å². The molecule has 0 saturated carbocycles. The molecule has 2 aromatic carbocycles. The third-order valence-electron chi connectivity index (χ3n) is 4.52. The molecule has 0 saturated heterocycles. The van der Waals surface area contributed by atoms with E-state index in [0.29, 0.717) is 22.3 Å². The minimum absolute atomic E-state index is 0.0318. The lowest BCUT2D eigenvalue weighted by Crippen LogP contribution is -2.09. The predicted molar refractivity (Wildman–Crippen MR) is 106 cm³/mol. The van der Waals surface area contributed by atoms with E-state index in [9.17, 15) is 19.7 Å². The molecule has 8 nitrogen and oxygen atoms in total. The van der Waals surface area contributed by atoms with Crippen molar-refractivity contribution in [3.63, 3.8) is 0 Å². The average Bonchev–Trinajstić information content (AvgIpc) is 3.07. The lowest BCUT2D eigenvalue weighted by atomic mass is 10.1. The summed E-state index contributed by atoms with van der Waals surface area (Å²) in [6.07, 6.45) is 4.38. The van der Waals surface area contributed by atoms with Crippen LogP contribution in [0, 0.1) is 17.0 Å². The first-order valence-electron chi connectivity index (χ1n) is 8.88. The SMILES string of the molecule is Cc1c(OC(=O)c2cccnc2)ccc2c1O/C(=C\c1cccc([N+](=O)[O-])c1)C2=O. The van der Waals surface area contributed by atoms with Gasteiger partial charge < -0.3 is 9.47 Å². The number of rotatable bonds is 4. The summed E-state index contributed by atoms with van der Waals surface area (Å²) in [6.45, 7) is 1.67. The Kier molecular flexibility index (Phi) is 4.81. The Morgan fingerprint density at radius 3 is 2.77 bits per heavy atom. The van der Waals surface area contributed by atoms with E-state index in [1.165, 1.54) is 42.6 Å². The molecule has 0 spiro atoms. The van der Waals surface area contributed by atoms with Gasteiger partial charge >= 0.3 is 5.97 Å². The van der Waals surface area contributed by atoms with Crippen molar-refractivity contribution in [2.75, 3.05) is 0 Å². The average molecular weight is 402 g/mol. The van der Waals surface area contributed by atoms with Crippen LogP contribution in [-0.2, 0) is 0 Å². The van der Waals surface area contributed by atoms with Crippen LogP contribution in [0.4, 0.5) is 5.69 Å². The molecular weight excluding hydrogens is 388 g/mol. The fraction of sp³-hybridized carbons (Fsp3) is 0.0455. The van der Waals surface area contributed by atoms with E-state index in [0.717, 1.165) is 0 Å². The minimum atomic E-state index is -0.581. The smallest absolute Gasteiger partial charge is 0.345 e. The van der Waals surface area contributed by atoms with Gasteiger partial charge in [-0.2, -0.15) is 0 Å². The molecule has 1 aromatic heterocycles. The number of pyridine rings is 1. The van der Waals surface area contributed by atoms with Crippen LogP contribution >= 0.6 is 0 Å². The van der Waals surface area contributed by atoms with Gasteiger partial charge in [0.25, 0.3) is 5.69 Å². The van der Waals surface area contributed by atoms with Crippen molar-refractivity contribution in [3.05, 3.63) is 99.1 Å². The van der Waals surface area contributed by atoms with E-state index in [1.54, 1.807) is 31.3 Å². The molecule has 3 aromatic rings. The summed E-state index contributed by atoms with van der Waals surface area (Å²) >= 11 is 0. The quantitative estimate of drug-likeness (QED) is 0.212. The highest BCUT2D eigenvalue weighted by molar-refractivity contribution is 6.15. The molecule has 1 aliphatic rings. The number of ketones is 1. The normalized spacial score (nSPS) is 13.6. The Morgan fingerprint density at radius 2 is 2.03 bits per heavy atom. The number of nitro benzene ring substituents is 1. The van der Waals surface area contributed by atoms with Crippen molar-refractivity contribution in [2.24, 2.45) is 0 Å². The van der Waals surface area contributed by atoms with Crippen LogP contribution in [0.15, 0.2) is 66.7 Å². The second kappa shape index (κ2) is 7.59. The maximum atomic E-state index is 12.7. The van der Waals surface area contributed by atoms with Gasteiger partial charge in [-0.25, -0.2) is 4.79 Å². The number of fused-ring (bicyclic) bond motifs is 1. The summed E-state index contributed by atoms with van der Waals surface area (Å²) in [4.78, 5) is 39.3.